The monoisotopic (exact) mass is 419 g/mol. The van der Waals surface area contributed by atoms with Crippen molar-refractivity contribution in [2.24, 2.45) is 4.99 Å². The Balaban J connectivity index is 1.64. The Bertz CT molecular complexity index is 1080. The molecule has 0 aliphatic carbocycles. The molecule has 154 valence electrons. The Labute approximate surface area is 181 Å². The van der Waals surface area contributed by atoms with Crippen molar-refractivity contribution < 1.29 is 9.53 Å². The van der Waals surface area contributed by atoms with Gasteiger partial charge in [-0.05, 0) is 31.2 Å². The zero-order chi connectivity index (χ0) is 21.1. The number of amides is 1. The number of thiophene rings is 1. The minimum Gasteiger partial charge on any atom is -0.497 e. The van der Waals surface area contributed by atoms with Gasteiger partial charge < -0.3 is 15.0 Å². The molecule has 1 aliphatic heterocycles. The van der Waals surface area contributed by atoms with Crippen LogP contribution < -0.4 is 15.0 Å². The minimum atomic E-state index is -0.0381. The van der Waals surface area contributed by atoms with Crippen LogP contribution in [0.5, 0.6) is 5.75 Å². The van der Waals surface area contributed by atoms with Crippen molar-refractivity contribution in [3.05, 3.63) is 81.5 Å². The van der Waals surface area contributed by atoms with Gasteiger partial charge in [-0.15, -0.1) is 11.3 Å². The van der Waals surface area contributed by atoms with E-state index in [1.807, 2.05) is 56.4 Å². The third-order valence-corrected chi connectivity index (χ3v) is 6.36. The van der Waals surface area contributed by atoms with Gasteiger partial charge >= 0.3 is 0 Å². The Morgan fingerprint density at radius 1 is 1.20 bits per heavy atom. The van der Waals surface area contributed by atoms with Crippen molar-refractivity contribution in [1.82, 2.24) is 5.32 Å². The lowest BCUT2D eigenvalue weighted by Gasteiger charge is -2.29. The van der Waals surface area contributed by atoms with Crippen LogP contribution in [0.2, 0.25) is 0 Å². The van der Waals surface area contributed by atoms with Gasteiger partial charge in [-0.25, -0.2) is 0 Å². The van der Waals surface area contributed by atoms with E-state index in [0.717, 1.165) is 38.0 Å². The van der Waals surface area contributed by atoms with Crippen LogP contribution in [0.25, 0.3) is 0 Å². The van der Waals surface area contributed by atoms with Gasteiger partial charge in [0.15, 0.2) is 0 Å². The molecule has 0 fully saturated rings. The molecule has 1 aromatic heterocycles. The average molecular weight is 420 g/mol. The highest BCUT2D eigenvalue weighted by atomic mass is 32.1. The number of nitrogens with zero attached hydrogens (tertiary/aromatic N) is 2. The largest absolute Gasteiger partial charge is 0.497 e. The first-order valence-electron chi connectivity index (χ1n) is 9.92. The summed E-state index contributed by atoms with van der Waals surface area (Å²) in [4.78, 5) is 21.6. The summed E-state index contributed by atoms with van der Waals surface area (Å²) in [6.45, 7) is 3.10. The van der Waals surface area contributed by atoms with Crippen LogP contribution >= 0.6 is 11.3 Å². The van der Waals surface area contributed by atoms with Gasteiger partial charge in [0.2, 0.25) is 0 Å². The summed E-state index contributed by atoms with van der Waals surface area (Å²) in [5.74, 6) is 0.760. The molecule has 2 aromatic carbocycles. The van der Waals surface area contributed by atoms with Crippen LogP contribution in [0.15, 0.2) is 65.7 Å². The van der Waals surface area contributed by atoms with Gasteiger partial charge in [0.05, 0.1) is 30.3 Å². The number of anilines is 1. The Hall–Kier alpha value is -3.12. The van der Waals surface area contributed by atoms with Crippen molar-refractivity contribution >= 4 is 28.6 Å². The Kier molecular flexibility index (Phi) is 5.86. The van der Waals surface area contributed by atoms with Gasteiger partial charge in [0.1, 0.15) is 5.75 Å². The zero-order valence-electron chi connectivity index (χ0n) is 17.4. The second kappa shape index (κ2) is 8.71. The molecular formula is C24H25N3O2S. The molecule has 5 nitrogen and oxygen atoms in total. The SMILES string of the molecule is COc1ccc2c(c1)N(C)C(CNC(=O)c1ccc(C)s1)CN=C2c1ccccc1. The highest BCUT2D eigenvalue weighted by Gasteiger charge is 2.25. The van der Waals surface area contributed by atoms with E-state index in [-0.39, 0.29) is 11.9 Å². The van der Waals surface area contributed by atoms with Gasteiger partial charge in [-0.3, -0.25) is 9.79 Å². The highest BCUT2D eigenvalue weighted by Crippen LogP contribution is 2.31. The lowest BCUT2D eigenvalue weighted by atomic mass is 10.00. The number of likely N-dealkylation sites (N-methyl/N-ethyl adjacent to an activating group) is 1. The van der Waals surface area contributed by atoms with Crippen LogP contribution in [0.3, 0.4) is 0 Å². The number of ether oxygens (including phenoxy) is 1. The van der Waals surface area contributed by atoms with Crippen LogP contribution in [-0.2, 0) is 0 Å². The number of aliphatic imine (C=N–C) groups is 1. The van der Waals surface area contributed by atoms with Crippen molar-refractivity contribution in [2.45, 2.75) is 13.0 Å². The molecule has 30 heavy (non-hydrogen) atoms. The van der Waals surface area contributed by atoms with Crippen LogP contribution in [0.1, 0.15) is 25.7 Å². The molecular weight excluding hydrogens is 394 g/mol. The minimum absolute atomic E-state index is 0.0297. The van der Waals surface area contributed by atoms with E-state index in [0.29, 0.717) is 13.1 Å². The van der Waals surface area contributed by atoms with Gasteiger partial charge in [-0.2, -0.15) is 0 Å². The standard InChI is InChI=1S/C24H25N3O2S/c1-16-9-12-22(30-16)24(28)26-15-18-14-25-23(17-7-5-4-6-8-17)20-11-10-19(29-3)13-21(20)27(18)2/h4-13,18H,14-15H2,1-3H3,(H,26,28). The molecule has 1 aliphatic rings. The fourth-order valence-electron chi connectivity index (χ4n) is 3.63. The summed E-state index contributed by atoms with van der Waals surface area (Å²) in [5, 5.41) is 3.08. The number of fused-ring (bicyclic) bond motifs is 1. The highest BCUT2D eigenvalue weighted by molar-refractivity contribution is 7.13. The molecule has 2 heterocycles. The fraction of sp³-hybridized carbons (Fsp3) is 0.250. The zero-order valence-corrected chi connectivity index (χ0v) is 18.2. The molecule has 1 unspecified atom stereocenters. The quantitative estimate of drug-likeness (QED) is 0.676. The number of rotatable bonds is 5. The Morgan fingerprint density at radius 2 is 2.00 bits per heavy atom. The van der Waals surface area contributed by atoms with Gasteiger partial charge in [-0.1, -0.05) is 30.3 Å². The molecule has 0 bridgehead atoms. The predicted molar refractivity (Wildman–Crippen MR) is 124 cm³/mol. The predicted octanol–water partition coefficient (Wildman–Crippen LogP) is 4.15. The number of benzene rings is 2. The van der Waals surface area contributed by atoms with E-state index in [1.165, 1.54) is 11.3 Å². The van der Waals surface area contributed by atoms with Crippen molar-refractivity contribution in [3.63, 3.8) is 0 Å². The first-order chi connectivity index (χ1) is 14.6. The second-order valence-electron chi connectivity index (χ2n) is 7.32. The summed E-state index contributed by atoms with van der Waals surface area (Å²) in [6, 6.07) is 20.1. The molecule has 0 radical (unpaired) electrons. The number of nitrogens with one attached hydrogen (secondary N) is 1. The van der Waals surface area contributed by atoms with E-state index in [2.05, 4.69) is 28.4 Å². The van der Waals surface area contributed by atoms with Gasteiger partial charge in [0, 0.05) is 41.4 Å². The van der Waals surface area contributed by atoms with Crippen LogP contribution in [-0.4, -0.2) is 44.9 Å². The molecule has 0 saturated heterocycles. The van der Waals surface area contributed by atoms with E-state index < -0.39 is 0 Å². The number of carbonyl (C=O) groups is 1. The maximum absolute atomic E-state index is 12.6. The summed E-state index contributed by atoms with van der Waals surface area (Å²) < 4.78 is 5.47. The number of hydrogen-bond donors (Lipinski definition) is 1. The maximum atomic E-state index is 12.6. The third-order valence-electron chi connectivity index (χ3n) is 5.36. The summed E-state index contributed by atoms with van der Waals surface area (Å²) in [6.07, 6.45) is 0. The van der Waals surface area contributed by atoms with Crippen molar-refractivity contribution in [3.8, 4) is 5.75 Å². The topological polar surface area (TPSA) is 53.9 Å². The molecule has 6 heteroatoms. The van der Waals surface area contributed by atoms with E-state index in [1.54, 1.807) is 7.11 Å². The average Bonchev–Trinajstić information content (AvgIpc) is 3.16. The lowest BCUT2D eigenvalue weighted by Crippen LogP contribution is -2.43. The number of aryl methyl sites for hydroxylation is 1. The third kappa shape index (κ3) is 4.09. The lowest BCUT2D eigenvalue weighted by molar-refractivity contribution is 0.0955. The maximum Gasteiger partial charge on any atom is 0.261 e. The Morgan fingerprint density at radius 3 is 2.70 bits per heavy atom. The number of benzodiazepines with no additional fused rings is 1. The number of methoxy groups -OCH3 is 1. The first kappa shape index (κ1) is 20.2. The smallest absolute Gasteiger partial charge is 0.261 e. The van der Waals surface area contributed by atoms with Crippen LogP contribution in [0.4, 0.5) is 5.69 Å². The molecule has 1 N–H and O–H groups in total. The first-order valence-corrected chi connectivity index (χ1v) is 10.7. The summed E-state index contributed by atoms with van der Waals surface area (Å²) >= 11 is 1.51. The molecule has 0 spiro atoms. The molecule has 0 saturated carbocycles. The number of carbonyl (C=O) groups excluding carboxylic acids is 1. The summed E-state index contributed by atoms with van der Waals surface area (Å²) in [5.41, 5.74) is 4.15. The summed E-state index contributed by atoms with van der Waals surface area (Å²) in [7, 11) is 3.72. The van der Waals surface area contributed by atoms with Gasteiger partial charge in [0.25, 0.3) is 5.91 Å². The van der Waals surface area contributed by atoms with Crippen molar-refractivity contribution in [2.75, 3.05) is 32.1 Å². The normalized spacial score (nSPS) is 15.8. The van der Waals surface area contributed by atoms with E-state index in [4.69, 9.17) is 9.73 Å². The molecule has 1 amide bonds. The molecule has 4 rings (SSSR count). The number of hydrogen-bond acceptors (Lipinski definition) is 5. The molecule has 3 aromatic rings. The van der Waals surface area contributed by atoms with E-state index >= 15 is 0 Å². The van der Waals surface area contributed by atoms with Crippen molar-refractivity contribution in [1.29, 1.82) is 0 Å². The van der Waals surface area contributed by atoms with Crippen LogP contribution in [0, 0.1) is 6.92 Å². The fourth-order valence-corrected chi connectivity index (χ4v) is 4.41. The van der Waals surface area contributed by atoms with E-state index in [9.17, 15) is 4.79 Å². The molecule has 1 atom stereocenters. The second-order valence-corrected chi connectivity index (χ2v) is 8.61.